The number of hydrogen-bond acceptors (Lipinski definition) is 3. The molecule has 0 heterocycles. The molecule has 0 bridgehead atoms. The van der Waals surface area contributed by atoms with Gasteiger partial charge in [-0.15, -0.1) is 0 Å². The molecule has 2 aromatic carbocycles. The first kappa shape index (κ1) is 13.5. The normalized spacial score (nSPS) is 10.4. The van der Waals surface area contributed by atoms with Gasteiger partial charge in [-0.25, -0.2) is 4.39 Å². The van der Waals surface area contributed by atoms with E-state index < -0.39 is 4.92 Å². The van der Waals surface area contributed by atoms with Crippen molar-refractivity contribution >= 4 is 17.4 Å². The summed E-state index contributed by atoms with van der Waals surface area (Å²) in [6, 6.07) is 11.3. The molecule has 0 fully saturated rings. The second-order valence-corrected chi connectivity index (χ2v) is 5.11. The van der Waals surface area contributed by atoms with E-state index in [1.807, 2.05) is 13.0 Å². The number of halogens is 1. The molecule has 0 saturated carbocycles. The van der Waals surface area contributed by atoms with Crippen molar-refractivity contribution in [2.45, 2.75) is 23.1 Å². The van der Waals surface area contributed by atoms with Gasteiger partial charge >= 0.3 is 0 Å². The summed E-state index contributed by atoms with van der Waals surface area (Å²) in [5.74, 6) is -0.214. The van der Waals surface area contributed by atoms with Gasteiger partial charge in [0.1, 0.15) is 5.82 Å². The third-order valence-corrected chi connectivity index (χ3v) is 3.69. The molecule has 2 aromatic rings. The van der Waals surface area contributed by atoms with E-state index in [9.17, 15) is 14.5 Å². The van der Waals surface area contributed by atoms with Crippen molar-refractivity contribution in [2.24, 2.45) is 0 Å². The maximum atomic E-state index is 13.6. The van der Waals surface area contributed by atoms with Crippen LogP contribution < -0.4 is 0 Å². The summed E-state index contributed by atoms with van der Waals surface area (Å²) in [6.07, 6.45) is 0.661. The minimum absolute atomic E-state index is 0.0526. The Morgan fingerprint density at radius 3 is 2.32 bits per heavy atom. The number of rotatable bonds is 4. The highest BCUT2D eigenvalue weighted by Gasteiger charge is 2.06. The molecule has 0 atom stereocenters. The van der Waals surface area contributed by atoms with Crippen LogP contribution in [0, 0.1) is 15.9 Å². The highest BCUT2D eigenvalue weighted by molar-refractivity contribution is 7.99. The second kappa shape index (κ2) is 5.84. The fraction of sp³-hybridized carbons (Fsp3) is 0.143. The average molecular weight is 277 g/mol. The van der Waals surface area contributed by atoms with Crippen LogP contribution >= 0.6 is 11.8 Å². The third-order valence-electron chi connectivity index (χ3n) is 2.69. The Hall–Kier alpha value is -1.88. The number of non-ortho nitro benzene ring substituents is 1. The lowest BCUT2D eigenvalue weighted by Gasteiger charge is -2.04. The second-order valence-electron chi connectivity index (χ2n) is 3.96. The van der Waals surface area contributed by atoms with Crippen LogP contribution in [0.15, 0.2) is 52.3 Å². The summed E-state index contributed by atoms with van der Waals surface area (Å²) < 4.78 is 13.6. The Morgan fingerprint density at radius 2 is 1.79 bits per heavy atom. The smallest absolute Gasteiger partial charge is 0.258 e. The average Bonchev–Trinajstić information content (AvgIpc) is 2.39. The molecule has 2 rings (SSSR count). The van der Waals surface area contributed by atoms with E-state index in [1.165, 1.54) is 30.0 Å². The molecule has 0 amide bonds. The van der Waals surface area contributed by atoms with Gasteiger partial charge in [-0.1, -0.05) is 24.8 Å². The summed E-state index contributed by atoms with van der Waals surface area (Å²) in [4.78, 5) is 11.7. The van der Waals surface area contributed by atoms with Gasteiger partial charge in [0.2, 0.25) is 0 Å². The molecule has 5 heteroatoms. The van der Waals surface area contributed by atoms with Crippen molar-refractivity contribution < 1.29 is 9.31 Å². The molecule has 98 valence electrons. The number of benzene rings is 2. The predicted octanol–water partition coefficient (Wildman–Crippen LogP) is 4.45. The fourth-order valence-electron chi connectivity index (χ4n) is 1.65. The molecular formula is C14H12FNO2S. The molecule has 0 unspecified atom stereocenters. The molecule has 0 spiro atoms. The summed E-state index contributed by atoms with van der Waals surface area (Å²) in [6.45, 7) is 1.90. The summed E-state index contributed by atoms with van der Waals surface area (Å²) in [5.41, 5.74) is 0.741. The molecule has 0 radical (unpaired) electrons. The molecule has 0 saturated heterocycles. The number of nitro benzene ring substituents is 1. The minimum Gasteiger partial charge on any atom is -0.258 e. The van der Waals surface area contributed by atoms with Crippen LogP contribution in [0.1, 0.15) is 12.5 Å². The topological polar surface area (TPSA) is 43.1 Å². The van der Waals surface area contributed by atoms with Crippen LogP contribution in [0.25, 0.3) is 0 Å². The number of aryl methyl sites for hydroxylation is 1. The van der Waals surface area contributed by atoms with Crippen LogP contribution in [0.5, 0.6) is 0 Å². The zero-order valence-electron chi connectivity index (χ0n) is 10.3. The lowest BCUT2D eigenvalue weighted by atomic mass is 10.2. The van der Waals surface area contributed by atoms with Crippen LogP contribution in [0.2, 0.25) is 0 Å². The maximum Gasteiger partial charge on any atom is 0.269 e. The highest BCUT2D eigenvalue weighted by atomic mass is 32.2. The first-order chi connectivity index (χ1) is 9.10. The van der Waals surface area contributed by atoms with Gasteiger partial charge in [-0.3, -0.25) is 10.1 Å². The van der Waals surface area contributed by atoms with Crippen molar-refractivity contribution in [3.8, 4) is 0 Å². The van der Waals surface area contributed by atoms with E-state index in [0.717, 1.165) is 9.79 Å². The van der Waals surface area contributed by atoms with Gasteiger partial charge < -0.3 is 0 Å². The highest BCUT2D eigenvalue weighted by Crippen LogP contribution is 2.30. The maximum absolute atomic E-state index is 13.6. The van der Waals surface area contributed by atoms with E-state index in [-0.39, 0.29) is 11.5 Å². The Balaban J connectivity index is 2.16. The lowest BCUT2D eigenvalue weighted by molar-refractivity contribution is -0.384. The van der Waals surface area contributed by atoms with Crippen molar-refractivity contribution in [2.75, 3.05) is 0 Å². The van der Waals surface area contributed by atoms with Crippen molar-refractivity contribution in [3.63, 3.8) is 0 Å². The monoisotopic (exact) mass is 277 g/mol. The Labute approximate surface area is 114 Å². The zero-order valence-corrected chi connectivity index (χ0v) is 11.1. The molecule has 0 aromatic heterocycles. The number of nitro groups is 1. The largest absolute Gasteiger partial charge is 0.269 e. The molecule has 0 aliphatic carbocycles. The van der Waals surface area contributed by atoms with Crippen molar-refractivity contribution in [1.82, 2.24) is 0 Å². The van der Waals surface area contributed by atoms with Gasteiger partial charge in [-0.05, 0) is 36.2 Å². The molecule has 0 aliphatic heterocycles. The minimum atomic E-state index is -0.440. The van der Waals surface area contributed by atoms with Crippen LogP contribution in [0.3, 0.4) is 0 Å². The van der Waals surface area contributed by atoms with Gasteiger partial charge in [0.25, 0.3) is 5.69 Å². The molecule has 0 N–H and O–H groups in total. The van der Waals surface area contributed by atoms with Gasteiger partial charge in [0, 0.05) is 21.9 Å². The summed E-state index contributed by atoms with van der Waals surface area (Å²) in [7, 11) is 0. The molecule has 3 nitrogen and oxygen atoms in total. The Kier molecular flexibility index (Phi) is 4.16. The lowest BCUT2D eigenvalue weighted by Crippen LogP contribution is -1.88. The van der Waals surface area contributed by atoms with E-state index in [1.54, 1.807) is 18.2 Å². The summed E-state index contributed by atoms with van der Waals surface area (Å²) >= 11 is 1.38. The first-order valence-corrected chi connectivity index (χ1v) is 6.62. The van der Waals surface area contributed by atoms with E-state index in [4.69, 9.17) is 0 Å². The van der Waals surface area contributed by atoms with Gasteiger partial charge in [0.15, 0.2) is 0 Å². The standard InChI is InChI=1S/C14H12FNO2S/c1-2-10-3-6-13(9-14(10)15)19-12-7-4-11(5-8-12)16(17)18/h3-9H,2H2,1H3. The Bertz CT molecular complexity index is 599. The SMILES string of the molecule is CCc1ccc(Sc2ccc([N+](=O)[O-])cc2)cc1F. The molecular weight excluding hydrogens is 265 g/mol. The quantitative estimate of drug-likeness (QED) is 0.612. The van der Waals surface area contributed by atoms with Crippen molar-refractivity contribution in [1.29, 1.82) is 0 Å². The predicted molar refractivity (Wildman–Crippen MR) is 73.0 cm³/mol. The van der Waals surface area contributed by atoms with E-state index >= 15 is 0 Å². The van der Waals surface area contributed by atoms with Crippen molar-refractivity contribution in [3.05, 3.63) is 64.0 Å². The third kappa shape index (κ3) is 3.32. The number of hydrogen-bond donors (Lipinski definition) is 0. The van der Waals surface area contributed by atoms with Crippen LogP contribution in [-0.4, -0.2) is 4.92 Å². The van der Waals surface area contributed by atoms with E-state index in [2.05, 4.69) is 0 Å². The fourth-order valence-corrected chi connectivity index (χ4v) is 2.49. The van der Waals surface area contributed by atoms with Gasteiger partial charge in [-0.2, -0.15) is 0 Å². The van der Waals surface area contributed by atoms with E-state index in [0.29, 0.717) is 12.0 Å². The number of nitrogens with zero attached hydrogens (tertiary/aromatic N) is 1. The summed E-state index contributed by atoms with van der Waals surface area (Å²) in [5, 5.41) is 10.5. The molecule has 19 heavy (non-hydrogen) atoms. The van der Waals surface area contributed by atoms with Crippen LogP contribution in [-0.2, 0) is 6.42 Å². The van der Waals surface area contributed by atoms with Crippen LogP contribution in [0.4, 0.5) is 10.1 Å². The Morgan fingerprint density at radius 1 is 1.16 bits per heavy atom. The first-order valence-electron chi connectivity index (χ1n) is 5.81. The molecule has 0 aliphatic rings. The zero-order chi connectivity index (χ0) is 13.8. The van der Waals surface area contributed by atoms with Gasteiger partial charge in [0.05, 0.1) is 4.92 Å².